The predicted molar refractivity (Wildman–Crippen MR) is 63.5 cm³/mol. The minimum atomic E-state index is -0.504. The van der Waals surface area contributed by atoms with Crippen LogP contribution in [0.4, 0.5) is 0 Å². The highest BCUT2D eigenvalue weighted by molar-refractivity contribution is 7.99. The van der Waals surface area contributed by atoms with Crippen molar-refractivity contribution >= 4 is 35.0 Å². The molecule has 2 rings (SSSR count). The highest BCUT2D eigenvalue weighted by Gasteiger charge is 2.51. The molecule has 0 saturated heterocycles. The van der Waals surface area contributed by atoms with E-state index >= 15 is 0 Å². The summed E-state index contributed by atoms with van der Waals surface area (Å²) >= 11 is 13.5. The van der Waals surface area contributed by atoms with Crippen molar-refractivity contribution in [3.05, 3.63) is 19.0 Å². The fourth-order valence-corrected chi connectivity index (χ4v) is 3.10. The van der Waals surface area contributed by atoms with Gasteiger partial charge in [0.15, 0.2) is 5.16 Å². The Balaban J connectivity index is 1.88. The highest BCUT2D eigenvalue weighted by atomic mass is 35.5. The summed E-state index contributed by atoms with van der Waals surface area (Å²) in [5.74, 6) is 1.27. The van der Waals surface area contributed by atoms with Crippen LogP contribution in [0.3, 0.4) is 0 Å². The maximum Gasteiger partial charge on any atom is 0.191 e. The molecule has 15 heavy (non-hydrogen) atoms. The second-order valence-electron chi connectivity index (χ2n) is 3.53. The van der Waals surface area contributed by atoms with Crippen molar-refractivity contribution in [2.75, 3.05) is 5.75 Å². The van der Waals surface area contributed by atoms with Crippen molar-refractivity contribution in [3.63, 3.8) is 0 Å². The van der Waals surface area contributed by atoms with Gasteiger partial charge in [0.05, 0.1) is 0 Å². The SMILES string of the molecule is C=CCn1cnnc1SC[C@H]1CC1(Cl)Cl. The Hall–Kier alpha value is -0.190. The smallest absolute Gasteiger partial charge is 0.191 e. The second-order valence-corrected chi connectivity index (χ2v) is 6.06. The van der Waals surface area contributed by atoms with Crippen molar-refractivity contribution in [1.29, 1.82) is 0 Å². The Bertz CT molecular complexity index is 364. The minimum absolute atomic E-state index is 0.375. The van der Waals surface area contributed by atoms with Crippen molar-refractivity contribution in [3.8, 4) is 0 Å². The molecule has 1 saturated carbocycles. The van der Waals surface area contributed by atoms with Gasteiger partial charge in [-0.1, -0.05) is 17.8 Å². The number of hydrogen-bond acceptors (Lipinski definition) is 3. The molecule has 0 N–H and O–H groups in total. The molecule has 1 aliphatic rings. The van der Waals surface area contributed by atoms with E-state index in [0.29, 0.717) is 5.92 Å². The number of thioether (sulfide) groups is 1. The Morgan fingerprint density at radius 2 is 2.47 bits per heavy atom. The Kier molecular flexibility index (Phi) is 3.28. The first-order chi connectivity index (χ1) is 7.13. The first-order valence-electron chi connectivity index (χ1n) is 4.63. The van der Waals surface area contributed by atoms with Crippen LogP contribution in [0.15, 0.2) is 24.1 Å². The second kappa shape index (κ2) is 4.36. The molecule has 6 heteroatoms. The van der Waals surface area contributed by atoms with Crippen molar-refractivity contribution < 1.29 is 0 Å². The van der Waals surface area contributed by atoms with E-state index in [1.807, 2.05) is 10.6 Å². The fraction of sp³-hybridized carbons (Fsp3) is 0.556. The Morgan fingerprint density at radius 1 is 1.73 bits per heavy atom. The van der Waals surface area contributed by atoms with Crippen molar-refractivity contribution in [2.24, 2.45) is 5.92 Å². The molecule has 3 nitrogen and oxygen atoms in total. The number of rotatable bonds is 5. The van der Waals surface area contributed by atoms with Crippen LogP contribution in [0.25, 0.3) is 0 Å². The molecule has 1 heterocycles. The van der Waals surface area contributed by atoms with Gasteiger partial charge in [0.2, 0.25) is 0 Å². The molecule has 1 aliphatic carbocycles. The van der Waals surface area contributed by atoms with Crippen LogP contribution in [-0.2, 0) is 6.54 Å². The normalized spacial score (nSPS) is 22.7. The van der Waals surface area contributed by atoms with Crippen LogP contribution in [0.2, 0.25) is 0 Å². The number of hydrogen-bond donors (Lipinski definition) is 0. The number of allylic oxidation sites excluding steroid dienone is 1. The lowest BCUT2D eigenvalue weighted by molar-refractivity contribution is 0.724. The lowest BCUT2D eigenvalue weighted by atomic mass is 10.5. The van der Waals surface area contributed by atoms with E-state index in [-0.39, 0.29) is 0 Å². The van der Waals surface area contributed by atoms with Gasteiger partial charge in [-0.15, -0.1) is 40.0 Å². The van der Waals surface area contributed by atoms with Gasteiger partial charge >= 0.3 is 0 Å². The predicted octanol–water partition coefficient (Wildman–Crippen LogP) is 2.75. The summed E-state index contributed by atoms with van der Waals surface area (Å²) in [6, 6.07) is 0. The summed E-state index contributed by atoms with van der Waals surface area (Å²) in [7, 11) is 0. The number of aromatic nitrogens is 3. The van der Waals surface area contributed by atoms with Gasteiger partial charge in [-0.25, -0.2) is 0 Å². The van der Waals surface area contributed by atoms with E-state index < -0.39 is 4.33 Å². The van der Waals surface area contributed by atoms with E-state index in [0.717, 1.165) is 23.9 Å². The lowest BCUT2D eigenvalue weighted by Crippen LogP contribution is -1.98. The van der Waals surface area contributed by atoms with Gasteiger partial charge < -0.3 is 4.57 Å². The van der Waals surface area contributed by atoms with Gasteiger partial charge in [0, 0.05) is 18.2 Å². The molecule has 1 aromatic rings. The molecule has 0 radical (unpaired) electrons. The van der Waals surface area contributed by atoms with Crippen LogP contribution in [0.5, 0.6) is 0 Å². The monoisotopic (exact) mass is 263 g/mol. The van der Waals surface area contributed by atoms with E-state index in [9.17, 15) is 0 Å². The molecule has 0 amide bonds. The molecule has 0 aliphatic heterocycles. The van der Waals surface area contributed by atoms with Crippen molar-refractivity contribution in [1.82, 2.24) is 14.8 Å². The zero-order chi connectivity index (χ0) is 10.9. The molecule has 1 atom stereocenters. The summed E-state index contributed by atoms with van der Waals surface area (Å²) < 4.78 is 1.44. The fourth-order valence-electron chi connectivity index (χ4n) is 1.25. The first-order valence-corrected chi connectivity index (χ1v) is 6.37. The average molecular weight is 264 g/mol. The summed E-state index contributed by atoms with van der Waals surface area (Å²) in [6.07, 6.45) is 4.39. The van der Waals surface area contributed by atoms with Crippen LogP contribution in [0, 0.1) is 5.92 Å². The Morgan fingerprint density at radius 3 is 3.07 bits per heavy atom. The van der Waals surface area contributed by atoms with E-state index in [4.69, 9.17) is 23.2 Å². The van der Waals surface area contributed by atoms with Crippen molar-refractivity contribution in [2.45, 2.75) is 22.5 Å². The first kappa shape index (κ1) is 11.3. The highest BCUT2D eigenvalue weighted by Crippen LogP contribution is 2.54. The number of halogens is 2. The van der Waals surface area contributed by atoms with Gasteiger partial charge in [-0.2, -0.15) is 0 Å². The van der Waals surface area contributed by atoms with Crippen LogP contribution < -0.4 is 0 Å². The molecule has 82 valence electrons. The lowest BCUT2D eigenvalue weighted by Gasteiger charge is -2.02. The third-order valence-corrected chi connectivity index (χ3v) is 4.34. The largest absolute Gasteiger partial charge is 0.305 e. The standard InChI is InChI=1S/C9H11Cl2N3S/c1-2-3-14-6-12-13-8(14)15-5-7-4-9(7,10)11/h2,6-7H,1,3-5H2/t7-/m1/s1. The van der Waals surface area contributed by atoms with Crippen LogP contribution in [-0.4, -0.2) is 24.9 Å². The van der Waals surface area contributed by atoms with Crippen LogP contribution in [0.1, 0.15) is 6.42 Å². The quantitative estimate of drug-likeness (QED) is 0.465. The Labute approximate surface area is 103 Å². The molecule has 1 fully saturated rings. The van der Waals surface area contributed by atoms with E-state index in [2.05, 4.69) is 16.8 Å². The maximum absolute atomic E-state index is 5.94. The van der Waals surface area contributed by atoms with Gasteiger partial charge in [0.25, 0.3) is 0 Å². The third kappa shape index (κ3) is 2.68. The number of nitrogens with zero attached hydrogens (tertiary/aromatic N) is 3. The molecular weight excluding hydrogens is 253 g/mol. The molecule has 0 unspecified atom stereocenters. The van der Waals surface area contributed by atoms with E-state index in [1.54, 1.807) is 18.1 Å². The van der Waals surface area contributed by atoms with Gasteiger partial charge in [-0.3, -0.25) is 0 Å². The number of alkyl halides is 2. The summed E-state index contributed by atoms with van der Waals surface area (Å²) in [5.41, 5.74) is 0. The summed E-state index contributed by atoms with van der Waals surface area (Å²) in [4.78, 5) is 0. The summed E-state index contributed by atoms with van der Waals surface area (Å²) in [5, 5.41) is 8.77. The van der Waals surface area contributed by atoms with Gasteiger partial charge in [-0.05, 0) is 6.42 Å². The minimum Gasteiger partial charge on any atom is -0.305 e. The van der Waals surface area contributed by atoms with E-state index in [1.165, 1.54) is 0 Å². The molecule has 0 bridgehead atoms. The topological polar surface area (TPSA) is 30.7 Å². The molecular formula is C9H11Cl2N3S. The molecule has 0 spiro atoms. The third-order valence-electron chi connectivity index (χ3n) is 2.28. The molecule has 0 aromatic carbocycles. The molecule has 1 aromatic heterocycles. The zero-order valence-electron chi connectivity index (χ0n) is 8.07. The maximum atomic E-state index is 5.94. The zero-order valence-corrected chi connectivity index (χ0v) is 10.4. The van der Waals surface area contributed by atoms with Crippen LogP contribution >= 0.6 is 35.0 Å². The average Bonchev–Trinajstić information content (AvgIpc) is 2.61. The summed E-state index contributed by atoms with van der Waals surface area (Å²) in [6.45, 7) is 4.41. The van der Waals surface area contributed by atoms with Gasteiger partial charge in [0.1, 0.15) is 10.7 Å².